The van der Waals surface area contributed by atoms with Gasteiger partial charge >= 0.3 is 0 Å². The first-order valence-corrected chi connectivity index (χ1v) is 17.1. The minimum atomic E-state index is -3.29. The third-order valence-corrected chi connectivity index (χ3v) is 11.3. The molecule has 0 bridgehead atoms. The molecule has 1 aromatic heterocycles. The molecule has 2 aliphatic carbocycles. The Labute approximate surface area is 266 Å². The fourth-order valence-corrected chi connectivity index (χ4v) is 8.38. The van der Waals surface area contributed by atoms with Gasteiger partial charge in [-0.25, -0.2) is 13.9 Å². The van der Waals surface area contributed by atoms with E-state index in [-0.39, 0.29) is 6.42 Å². The number of primary amides is 1. The number of hydroxylamine groups is 1. The molecule has 228 valence electrons. The minimum absolute atomic E-state index is 0.150. The number of nitrogens with two attached hydrogens (primary N) is 1. The number of carbonyl (C=O) groups excluding carboxylic acids is 2. The lowest BCUT2D eigenvalue weighted by Gasteiger charge is -2.26. The van der Waals surface area contributed by atoms with E-state index in [4.69, 9.17) is 10.9 Å². The summed E-state index contributed by atoms with van der Waals surface area (Å²) in [6.07, 6.45) is 11.1. The van der Waals surface area contributed by atoms with Gasteiger partial charge in [-0.1, -0.05) is 72.8 Å². The number of amides is 2. The Kier molecular flexibility index (Phi) is 8.67. The van der Waals surface area contributed by atoms with Crippen molar-refractivity contribution in [3.05, 3.63) is 129 Å². The van der Waals surface area contributed by atoms with Crippen molar-refractivity contribution in [2.24, 2.45) is 5.73 Å². The van der Waals surface area contributed by atoms with Crippen LogP contribution in [-0.2, 0) is 33.9 Å². The predicted molar refractivity (Wildman–Crippen MR) is 179 cm³/mol. The highest BCUT2D eigenvalue weighted by Gasteiger charge is 2.24. The molecular weight excluding hydrogens is 605 g/mol. The molecule has 0 fully saturated rings. The lowest BCUT2D eigenvalue weighted by molar-refractivity contribution is -0.117. The van der Waals surface area contributed by atoms with Crippen LogP contribution in [0.3, 0.4) is 0 Å². The summed E-state index contributed by atoms with van der Waals surface area (Å²) in [4.78, 5) is 24.5. The van der Waals surface area contributed by atoms with Crippen molar-refractivity contribution in [2.75, 3.05) is 0 Å². The van der Waals surface area contributed by atoms with Gasteiger partial charge in [0.15, 0.2) is 9.84 Å². The molecule has 9 heteroatoms. The lowest BCUT2D eigenvalue weighted by Crippen LogP contribution is -2.25. The van der Waals surface area contributed by atoms with Gasteiger partial charge in [0.2, 0.25) is 5.91 Å². The van der Waals surface area contributed by atoms with Crippen LogP contribution < -0.4 is 11.2 Å². The number of carbonyl (C=O) groups is 2. The van der Waals surface area contributed by atoms with Gasteiger partial charge in [-0.15, -0.1) is 11.3 Å². The van der Waals surface area contributed by atoms with Crippen molar-refractivity contribution in [2.45, 2.75) is 37.4 Å². The number of benzene rings is 3. The highest BCUT2D eigenvalue weighted by molar-refractivity contribution is 7.95. The van der Waals surface area contributed by atoms with Crippen molar-refractivity contribution in [3.8, 4) is 21.6 Å². The number of aryl methyl sites for hydroxylation is 1. The largest absolute Gasteiger partial charge is 0.370 e. The second kappa shape index (κ2) is 12.8. The number of nitrogens with one attached hydrogen (secondary N) is 1. The van der Waals surface area contributed by atoms with Crippen LogP contribution in [0.2, 0.25) is 0 Å². The zero-order chi connectivity index (χ0) is 31.6. The van der Waals surface area contributed by atoms with Gasteiger partial charge < -0.3 is 5.73 Å². The van der Waals surface area contributed by atoms with E-state index < -0.39 is 26.9 Å². The smallest absolute Gasteiger partial charge is 0.274 e. The first kappa shape index (κ1) is 30.5. The molecule has 0 saturated heterocycles. The van der Waals surface area contributed by atoms with Gasteiger partial charge in [0.25, 0.3) is 5.91 Å². The van der Waals surface area contributed by atoms with Gasteiger partial charge in [-0.3, -0.25) is 14.8 Å². The Morgan fingerprint density at radius 1 is 0.844 bits per heavy atom. The summed E-state index contributed by atoms with van der Waals surface area (Å²) in [5, 5.41) is 9.10. The fraction of sp³-hybridized carbons (Fsp3) is 0.167. The average Bonchev–Trinajstić information content (AvgIpc) is 3.55. The summed E-state index contributed by atoms with van der Waals surface area (Å²) in [7, 11) is -3.29. The third kappa shape index (κ3) is 6.47. The van der Waals surface area contributed by atoms with Gasteiger partial charge in [0.1, 0.15) is 0 Å². The lowest BCUT2D eigenvalue weighted by atomic mass is 9.78. The zero-order valence-corrected chi connectivity index (χ0v) is 26.0. The van der Waals surface area contributed by atoms with Crippen LogP contribution in [0.5, 0.6) is 0 Å². The summed E-state index contributed by atoms with van der Waals surface area (Å²) in [6, 6.07) is 25.1. The maximum absolute atomic E-state index is 11.6. The summed E-state index contributed by atoms with van der Waals surface area (Å²) in [5.41, 5.74) is 18.2. The highest BCUT2D eigenvalue weighted by Crippen LogP contribution is 2.42. The second-order valence-electron chi connectivity index (χ2n) is 11.2. The van der Waals surface area contributed by atoms with Crippen LogP contribution in [0.15, 0.2) is 96.4 Å². The Morgan fingerprint density at radius 3 is 2.36 bits per heavy atom. The Balaban J connectivity index is 0.000000252. The van der Waals surface area contributed by atoms with Gasteiger partial charge in [0.05, 0.1) is 5.25 Å². The van der Waals surface area contributed by atoms with E-state index in [9.17, 15) is 18.0 Å². The van der Waals surface area contributed by atoms with Crippen LogP contribution in [0.1, 0.15) is 50.3 Å². The van der Waals surface area contributed by atoms with E-state index >= 15 is 0 Å². The second-order valence-corrected chi connectivity index (χ2v) is 14.3. The molecule has 0 spiro atoms. The average molecular weight is 637 g/mol. The van der Waals surface area contributed by atoms with Crippen molar-refractivity contribution in [3.63, 3.8) is 0 Å². The van der Waals surface area contributed by atoms with E-state index in [0.717, 1.165) is 36.7 Å². The molecule has 7 nitrogen and oxygen atoms in total. The molecule has 4 aromatic rings. The normalized spacial score (nSPS) is 17.1. The molecule has 2 amide bonds. The van der Waals surface area contributed by atoms with E-state index in [1.807, 2.05) is 12.1 Å². The Hall–Kier alpha value is -4.57. The molecule has 45 heavy (non-hydrogen) atoms. The Bertz CT molecular complexity index is 1990. The van der Waals surface area contributed by atoms with E-state index in [1.165, 1.54) is 55.3 Å². The monoisotopic (exact) mass is 636 g/mol. The zero-order valence-electron chi connectivity index (χ0n) is 24.4. The molecule has 3 aliphatic rings. The maximum Gasteiger partial charge on any atom is 0.274 e. The topological polar surface area (TPSA) is 127 Å². The van der Waals surface area contributed by atoms with Crippen molar-refractivity contribution in [1.82, 2.24) is 5.48 Å². The fourth-order valence-electron chi connectivity index (χ4n) is 6.11. The highest BCUT2D eigenvalue weighted by atomic mass is 32.2. The summed E-state index contributed by atoms with van der Waals surface area (Å²) in [6.45, 7) is 0. The molecule has 0 radical (unpaired) electrons. The first-order valence-electron chi connectivity index (χ1n) is 14.7. The molecule has 3 aromatic carbocycles. The first-order chi connectivity index (χ1) is 21.7. The summed E-state index contributed by atoms with van der Waals surface area (Å²) in [5.74, 6) is -1.10. The number of fused-ring (bicyclic) bond motifs is 5. The molecule has 2 heterocycles. The number of hydrogen-bond donors (Lipinski definition) is 3. The van der Waals surface area contributed by atoms with Gasteiger partial charge in [-0.2, -0.15) is 0 Å². The number of hydrogen-bond acceptors (Lipinski definition) is 6. The van der Waals surface area contributed by atoms with Crippen molar-refractivity contribution < 1.29 is 23.2 Å². The molecule has 1 unspecified atom stereocenters. The molecule has 1 aliphatic heterocycles. The summed E-state index contributed by atoms with van der Waals surface area (Å²) < 4.78 is 22.3. The Morgan fingerprint density at radius 2 is 1.60 bits per heavy atom. The van der Waals surface area contributed by atoms with Crippen LogP contribution in [0.4, 0.5) is 0 Å². The van der Waals surface area contributed by atoms with E-state index in [2.05, 4.69) is 54.6 Å². The van der Waals surface area contributed by atoms with Crippen molar-refractivity contribution >= 4 is 44.6 Å². The molecule has 4 N–H and O–H groups in total. The van der Waals surface area contributed by atoms with Crippen LogP contribution in [0.25, 0.3) is 33.2 Å². The van der Waals surface area contributed by atoms with Crippen molar-refractivity contribution in [1.29, 1.82) is 0 Å². The SMILES string of the molecule is NC(=O)CC1C=CC=CS1(=O)=O.O=C(NO)c1ccc(-c2ccc(C3=Cc4ccc5c(c4CC3)CCc3ccccc3-5)s2)cc1. The number of thiophene rings is 1. The van der Waals surface area contributed by atoms with Crippen LogP contribution >= 0.6 is 11.3 Å². The third-order valence-electron chi connectivity index (χ3n) is 8.38. The van der Waals surface area contributed by atoms with Crippen LogP contribution in [-0.4, -0.2) is 30.7 Å². The van der Waals surface area contributed by atoms with Gasteiger partial charge in [-0.05, 0) is 94.5 Å². The predicted octanol–water partition coefficient (Wildman–Crippen LogP) is 6.52. The number of rotatable bonds is 5. The molecule has 7 rings (SSSR count). The number of allylic oxidation sites excluding steroid dienone is 3. The van der Waals surface area contributed by atoms with Crippen LogP contribution in [0, 0.1) is 0 Å². The standard InChI is InChI=1S/C29H23NO2S.C7H9NO3S/c31-29(30-32)20-7-5-19(6-8-20)27-15-16-28(33-27)22-11-12-24-21(17-22)10-14-25-23-4-2-1-3-18(23)9-13-26(24)25;8-7(9)5-6-3-1-2-4-12(6,10)11/h1-8,10,14-17,32H,9,11-13H2,(H,30,31);1-4,6H,5H2,(H2,8,9). The maximum atomic E-state index is 11.6. The molecule has 0 saturated carbocycles. The number of sulfone groups is 1. The molecule has 1 atom stereocenters. The quantitative estimate of drug-likeness (QED) is 0.170. The summed E-state index contributed by atoms with van der Waals surface area (Å²) >= 11 is 1.79. The minimum Gasteiger partial charge on any atom is -0.370 e. The van der Waals surface area contributed by atoms with Gasteiger partial charge in [0, 0.05) is 27.1 Å². The van der Waals surface area contributed by atoms with E-state index in [1.54, 1.807) is 40.6 Å². The van der Waals surface area contributed by atoms with E-state index in [0.29, 0.717) is 5.56 Å². The molecular formula is C36H32N2O5S2.